The molecule has 1 N–H and O–H groups in total. The smallest absolute Gasteiger partial charge is 0.339 e. The Balaban J connectivity index is 1.60. The number of carbonyl (C=O) groups excluding carboxylic acids is 2. The molecule has 26 heavy (non-hydrogen) atoms. The van der Waals surface area contributed by atoms with E-state index >= 15 is 0 Å². The van der Waals surface area contributed by atoms with Gasteiger partial charge in [0.1, 0.15) is 0 Å². The van der Waals surface area contributed by atoms with E-state index in [2.05, 4.69) is 10.3 Å². The van der Waals surface area contributed by atoms with E-state index in [4.69, 9.17) is 4.74 Å². The van der Waals surface area contributed by atoms with E-state index < -0.39 is 18.0 Å². The van der Waals surface area contributed by atoms with Gasteiger partial charge in [-0.2, -0.15) is 4.73 Å². The minimum atomic E-state index is -1.01. The van der Waals surface area contributed by atoms with Gasteiger partial charge in [-0.05, 0) is 6.92 Å². The highest BCUT2D eigenvalue weighted by Gasteiger charge is 2.20. The molecule has 0 radical (unpaired) electrons. The van der Waals surface area contributed by atoms with E-state index in [1.807, 2.05) is 35.7 Å². The van der Waals surface area contributed by atoms with Crippen LogP contribution in [-0.4, -0.2) is 23.0 Å². The molecular formula is C18H15N3O4S. The van der Waals surface area contributed by atoms with Crippen LogP contribution < -0.4 is 10.0 Å². The van der Waals surface area contributed by atoms with Crippen molar-refractivity contribution in [2.45, 2.75) is 13.0 Å². The Bertz CT molecular complexity index is 910. The number of rotatable bonds is 5. The maximum absolute atomic E-state index is 12.2. The van der Waals surface area contributed by atoms with Crippen molar-refractivity contribution in [1.82, 2.24) is 4.98 Å². The second-order valence-electron chi connectivity index (χ2n) is 5.39. The molecule has 3 aromatic rings. The monoisotopic (exact) mass is 369 g/mol. The summed E-state index contributed by atoms with van der Waals surface area (Å²) in [5, 5.41) is 15.9. The third-order valence-electron chi connectivity index (χ3n) is 3.49. The maximum atomic E-state index is 12.2. The zero-order valence-corrected chi connectivity index (χ0v) is 14.6. The van der Waals surface area contributed by atoms with Gasteiger partial charge < -0.3 is 9.94 Å². The summed E-state index contributed by atoms with van der Waals surface area (Å²) in [5.41, 5.74) is 1.89. The first-order chi connectivity index (χ1) is 12.5. The molecule has 0 aliphatic carbocycles. The Morgan fingerprint density at radius 1 is 1.19 bits per heavy atom. The van der Waals surface area contributed by atoms with Crippen molar-refractivity contribution >= 4 is 28.3 Å². The van der Waals surface area contributed by atoms with Crippen LogP contribution in [-0.2, 0) is 9.53 Å². The van der Waals surface area contributed by atoms with Gasteiger partial charge in [-0.15, -0.1) is 11.3 Å². The molecule has 0 saturated heterocycles. The van der Waals surface area contributed by atoms with E-state index in [-0.39, 0.29) is 5.56 Å². The fourth-order valence-corrected chi connectivity index (χ4v) is 2.83. The van der Waals surface area contributed by atoms with Crippen molar-refractivity contribution in [2.75, 3.05) is 5.32 Å². The Hall–Kier alpha value is -3.26. The first-order valence-corrected chi connectivity index (χ1v) is 8.62. The van der Waals surface area contributed by atoms with Crippen LogP contribution in [0.5, 0.6) is 0 Å². The van der Waals surface area contributed by atoms with Crippen molar-refractivity contribution < 1.29 is 19.1 Å². The lowest BCUT2D eigenvalue weighted by molar-refractivity contribution is -0.605. The normalized spacial score (nSPS) is 11.6. The molecule has 1 atom stereocenters. The molecule has 132 valence electrons. The van der Waals surface area contributed by atoms with Gasteiger partial charge in [0, 0.05) is 23.1 Å². The third-order valence-corrected chi connectivity index (χ3v) is 4.25. The second-order valence-corrected chi connectivity index (χ2v) is 6.25. The van der Waals surface area contributed by atoms with Crippen LogP contribution in [0.15, 0.2) is 60.2 Å². The lowest BCUT2D eigenvalue weighted by Crippen LogP contribution is -2.30. The number of aromatic nitrogens is 2. The second kappa shape index (κ2) is 7.75. The summed E-state index contributed by atoms with van der Waals surface area (Å²) in [6.07, 6.45) is 1.36. The van der Waals surface area contributed by atoms with Gasteiger partial charge in [-0.3, -0.25) is 10.1 Å². The number of carbonyl (C=O) groups is 2. The van der Waals surface area contributed by atoms with Crippen molar-refractivity contribution in [1.29, 1.82) is 0 Å². The van der Waals surface area contributed by atoms with Gasteiger partial charge in [-0.1, -0.05) is 30.3 Å². The summed E-state index contributed by atoms with van der Waals surface area (Å²) in [5.74, 6) is -1.17. The number of ether oxygens (including phenoxy) is 1. The highest BCUT2D eigenvalue weighted by atomic mass is 32.1. The molecule has 0 saturated carbocycles. The molecule has 1 amide bonds. The van der Waals surface area contributed by atoms with E-state index in [1.54, 1.807) is 0 Å². The standard InChI is InChI=1S/C18H15N3O4S/c1-12(25-17(23)14-7-9-21(24)10-8-14)16(22)20-18-19-15(11-26-18)13-5-3-2-4-6-13/h2-12H,1H3,(H,19,20,22)/t12-/m1/s1. The number of anilines is 1. The first kappa shape index (κ1) is 17.6. The van der Waals surface area contributed by atoms with Gasteiger partial charge in [0.15, 0.2) is 23.6 Å². The summed E-state index contributed by atoms with van der Waals surface area (Å²) in [4.78, 5) is 28.5. The minimum Gasteiger partial charge on any atom is -0.619 e. The van der Waals surface area contributed by atoms with Crippen molar-refractivity contribution in [2.24, 2.45) is 0 Å². The van der Waals surface area contributed by atoms with E-state index in [0.29, 0.717) is 9.86 Å². The Kier molecular flexibility index (Phi) is 5.23. The number of hydrogen-bond donors (Lipinski definition) is 1. The Morgan fingerprint density at radius 2 is 1.88 bits per heavy atom. The average molecular weight is 369 g/mol. The van der Waals surface area contributed by atoms with Gasteiger partial charge in [0.2, 0.25) is 0 Å². The molecule has 8 heteroatoms. The number of pyridine rings is 1. The molecule has 0 fully saturated rings. The van der Waals surface area contributed by atoms with Crippen LogP contribution in [0.4, 0.5) is 5.13 Å². The number of hydrogen-bond acceptors (Lipinski definition) is 6. The largest absolute Gasteiger partial charge is 0.619 e. The maximum Gasteiger partial charge on any atom is 0.339 e. The number of benzene rings is 1. The summed E-state index contributed by atoms with van der Waals surface area (Å²) in [6, 6.07) is 12.2. The Labute approximate surface area is 153 Å². The van der Waals surface area contributed by atoms with Crippen LogP contribution >= 0.6 is 11.3 Å². The molecule has 7 nitrogen and oxygen atoms in total. The average Bonchev–Trinajstić information content (AvgIpc) is 3.11. The molecule has 0 unspecified atom stereocenters. The molecule has 0 aliphatic heterocycles. The van der Waals surface area contributed by atoms with E-state index in [1.165, 1.54) is 42.8 Å². The van der Waals surface area contributed by atoms with Crippen LogP contribution in [0.1, 0.15) is 17.3 Å². The number of nitrogens with one attached hydrogen (secondary N) is 1. The lowest BCUT2D eigenvalue weighted by Gasteiger charge is -2.12. The summed E-state index contributed by atoms with van der Waals surface area (Å²) in [7, 11) is 0. The summed E-state index contributed by atoms with van der Waals surface area (Å²) >= 11 is 1.29. The number of thiazole rings is 1. The highest BCUT2D eigenvalue weighted by Crippen LogP contribution is 2.24. The molecule has 2 heterocycles. The first-order valence-electron chi connectivity index (χ1n) is 7.74. The minimum absolute atomic E-state index is 0.192. The van der Waals surface area contributed by atoms with Gasteiger partial charge in [0.05, 0.1) is 11.3 Å². The molecule has 0 spiro atoms. The highest BCUT2D eigenvalue weighted by molar-refractivity contribution is 7.14. The number of esters is 1. The molecular weight excluding hydrogens is 354 g/mol. The third kappa shape index (κ3) is 4.22. The predicted octanol–water partition coefficient (Wildman–Crippen LogP) is 2.63. The molecule has 0 bridgehead atoms. The van der Waals surface area contributed by atoms with Gasteiger partial charge >= 0.3 is 5.97 Å². The quantitative estimate of drug-likeness (QED) is 0.424. The zero-order valence-electron chi connectivity index (χ0n) is 13.8. The van der Waals surface area contributed by atoms with Crippen molar-refractivity contribution in [3.05, 3.63) is 71.0 Å². The van der Waals surface area contributed by atoms with E-state index in [9.17, 15) is 14.8 Å². The lowest BCUT2D eigenvalue weighted by atomic mass is 10.2. The topological polar surface area (TPSA) is 95.2 Å². The fourth-order valence-electron chi connectivity index (χ4n) is 2.11. The molecule has 3 rings (SSSR count). The molecule has 0 aliphatic rings. The van der Waals surface area contributed by atoms with Crippen LogP contribution in [0.2, 0.25) is 0 Å². The van der Waals surface area contributed by atoms with Gasteiger partial charge in [0.25, 0.3) is 5.91 Å². The SMILES string of the molecule is C[C@@H](OC(=O)c1cc[n+]([O-])cc1)C(=O)Nc1nc(-c2ccccc2)cs1. The van der Waals surface area contributed by atoms with Crippen molar-refractivity contribution in [3.63, 3.8) is 0 Å². The van der Waals surface area contributed by atoms with Gasteiger partial charge in [-0.25, -0.2) is 9.78 Å². The van der Waals surface area contributed by atoms with Crippen LogP contribution in [0.3, 0.4) is 0 Å². The summed E-state index contributed by atoms with van der Waals surface area (Å²) < 4.78 is 5.67. The van der Waals surface area contributed by atoms with Crippen molar-refractivity contribution in [3.8, 4) is 11.3 Å². The summed E-state index contributed by atoms with van der Waals surface area (Å²) in [6.45, 7) is 1.47. The Morgan fingerprint density at radius 3 is 2.58 bits per heavy atom. The van der Waals surface area contributed by atoms with Crippen LogP contribution in [0, 0.1) is 5.21 Å². The fraction of sp³-hybridized carbons (Fsp3) is 0.111. The molecule has 1 aromatic carbocycles. The number of amides is 1. The zero-order chi connectivity index (χ0) is 18.5. The van der Waals surface area contributed by atoms with E-state index in [0.717, 1.165) is 11.3 Å². The molecule has 2 aromatic heterocycles. The predicted molar refractivity (Wildman–Crippen MR) is 96.5 cm³/mol. The number of nitrogens with zero attached hydrogens (tertiary/aromatic N) is 2. The van der Waals surface area contributed by atoms with Crippen LogP contribution in [0.25, 0.3) is 11.3 Å².